The van der Waals surface area contributed by atoms with Crippen molar-refractivity contribution in [1.82, 2.24) is 5.32 Å². The van der Waals surface area contributed by atoms with Crippen molar-refractivity contribution in [1.29, 1.82) is 0 Å². The number of ether oxygens (including phenoxy) is 5. The Morgan fingerprint density at radius 1 is 0.833 bits per heavy atom. The summed E-state index contributed by atoms with van der Waals surface area (Å²) in [6, 6.07) is 6.69. The number of carbonyl (C=O) groups excluding carboxylic acids is 2. The summed E-state index contributed by atoms with van der Waals surface area (Å²) in [6.07, 6.45) is 0.200. The van der Waals surface area contributed by atoms with E-state index in [1.54, 1.807) is 25.3 Å². The number of benzene rings is 2. The number of nitrogens with one attached hydrogen (secondary N) is 1. The zero-order valence-corrected chi connectivity index (χ0v) is 18.8. The first-order valence-electron chi connectivity index (χ1n) is 8.93. The molecule has 9 heteroatoms. The third-order valence-electron chi connectivity index (χ3n) is 5.07. The molecule has 1 unspecified atom stereocenters. The van der Waals surface area contributed by atoms with Crippen LogP contribution in [0.4, 0.5) is 0 Å². The number of rotatable bonds is 7. The second-order valence-corrected chi connectivity index (χ2v) is 7.40. The minimum atomic E-state index is -1.32. The lowest BCUT2D eigenvalue weighted by atomic mass is 9.85. The van der Waals surface area contributed by atoms with Gasteiger partial charge in [-0.05, 0) is 29.8 Å². The van der Waals surface area contributed by atoms with Crippen molar-refractivity contribution in [2.45, 2.75) is 12.1 Å². The molecule has 2 aromatic rings. The number of carbonyl (C=O) groups is 2. The number of hydrogen-bond donors (Lipinski definition) is 1. The molecule has 0 aromatic heterocycles. The van der Waals surface area contributed by atoms with E-state index >= 15 is 0 Å². The lowest BCUT2D eigenvalue weighted by molar-refractivity contribution is -0.129. The Morgan fingerprint density at radius 2 is 1.37 bits per heavy atom. The van der Waals surface area contributed by atoms with Crippen LogP contribution < -0.4 is 24.3 Å². The molecule has 0 saturated heterocycles. The predicted octanol–water partition coefficient (Wildman–Crippen LogP) is 2.84. The number of methoxy groups -OCH3 is 5. The summed E-state index contributed by atoms with van der Waals surface area (Å²) in [7, 11) is 7.50. The number of fused-ring (bicyclic) bond motifs is 1. The quantitative estimate of drug-likeness (QED) is 0.610. The van der Waals surface area contributed by atoms with Gasteiger partial charge in [0.25, 0.3) is 11.7 Å². The highest BCUT2D eigenvalue weighted by Crippen LogP contribution is 2.42. The molecule has 1 aliphatic heterocycles. The summed E-state index contributed by atoms with van der Waals surface area (Å²) in [4.78, 5) is 25.1. The van der Waals surface area contributed by atoms with Crippen LogP contribution in [0.2, 0.25) is 0 Å². The van der Waals surface area contributed by atoms with Gasteiger partial charge in [-0.2, -0.15) is 0 Å². The van der Waals surface area contributed by atoms with Crippen LogP contribution in [0.3, 0.4) is 0 Å². The van der Waals surface area contributed by atoms with Crippen LogP contribution in [0.25, 0.3) is 0 Å². The Balaban J connectivity index is 2.20. The fourth-order valence-electron chi connectivity index (χ4n) is 3.50. The molecule has 30 heavy (non-hydrogen) atoms. The number of hydrogen-bond acceptors (Lipinski definition) is 7. The van der Waals surface area contributed by atoms with Crippen molar-refractivity contribution in [3.63, 3.8) is 0 Å². The molecule has 160 valence electrons. The summed E-state index contributed by atoms with van der Waals surface area (Å²) >= 11 is 3.53. The van der Waals surface area contributed by atoms with Crippen molar-refractivity contribution in [3.8, 4) is 23.0 Å². The van der Waals surface area contributed by atoms with E-state index in [2.05, 4.69) is 21.2 Å². The Morgan fingerprint density at radius 3 is 1.93 bits per heavy atom. The van der Waals surface area contributed by atoms with Gasteiger partial charge in [-0.3, -0.25) is 9.59 Å². The zero-order chi connectivity index (χ0) is 22.1. The number of amides is 1. The van der Waals surface area contributed by atoms with Gasteiger partial charge in [0.1, 0.15) is 0 Å². The first-order valence-corrected chi connectivity index (χ1v) is 9.72. The van der Waals surface area contributed by atoms with E-state index in [4.69, 9.17) is 23.7 Å². The fraction of sp³-hybridized carbons (Fsp3) is 0.333. The highest BCUT2D eigenvalue weighted by molar-refractivity contribution is 9.10. The second-order valence-electron chi connectivity index (χ2n) is 6.54. The van der Waals surface area contributed by atoms with E-state index < -0.39 is 17.4 Å². The smallest absolute Gasteiger partial charge is 0.294 e. The maximum absolute atomic E-state index is 12.6. The molecule has 0 saturated carbocycles. The van der Waals surface area contributed by atoms with E-state index in [0.29, 0.717) is 28.6 Å². The van der Waals surface area contributed by atoms with Gasteiger partial charge in [-0.25, -0.2) is 0 Å². The van der Waals surface area contributed by atoms with E-state index in [1.807, 2.05) is 0 Å². The molecule has 1 amide bonds. The van der Waals surface area contributed by atoms with E-state index in [0.717, 1.165) is 10.0 Å². The van der Waals surface area contributed by atoms with Crippen molar-refractivity contribution < 1.29 is 33.3 Å². The van der Waals surface area contributed by atoms with Gasteiger partial charge in [-0.1, -0.05) is 15.9 Å². The van der Waals surface area contributed by atoms with Crippen LogP contribution in [-0.4, -0.2) is 47.2 Å². The largest absolute Gasteiger partial charge is 0.493 e. The van der Waals surface area contributed by atoms with Crippen molar-refractivity contribution >= 4 is 27.6 Å². The van der Waals surface area contributed by atoms with Gasteiger partial charge in [-0.15, -0.1) is 0 Å². The molecule has 2 aromatic carbocycles. The van der Waals surface area contributed by atoms with Crippen LogP contribution in [-0.2, 0) is 21.7 Å². The minimum Gasteiger partial charge on any atom is -0.493 e. The molecule has 1 aliphatic rings. The SMILES string of the molecule is COc1cc(Br)c(CC2(OC)NC(=O)C(=O)c3cc(OC)c(OC)cc32)cc1OC. The maximum Gasteiger partial charge on any atom is 0.294 e. The van der Waals surface area contributed by atoms with Gasteiger partial charge in [0.2, 0.25) is 0 Å². The van der Waals surface area contributed by atoms with E-state index in [9.17, 15) is 9.59 Å². The molecular weight excluding hydrogens is 458 g/mol. The summed E-state index contributed by atoms with van der Waals surface area (Å²) in [6.45, 7) is 0. The predicted molar refractivity (Wildman–Crippen MR) is 112 cm³/mol. The number of Topliss-reactive ketones (excluding diaryl/α,β-unsaturated/α-hetero) is 1. The highest BCUT2D eigenvalue weighted by Gasteiger charge is 2.45. The van der Waals surface area contributed by atoms with E-state index in [1.165, 1.54) is 34.5 Å². The standard InChI is InChI=1S/C21H22BrNO7/c1-26-15-6-11(14(22)9-18(15)29-4)10-21(30-5)13-8-17(28-3)16(27-2)7-12(13)19(24)20(25)23-21/h6-9H,10H2,1-5H3,(H,23,25). The Bertz CT molecular complexity index is 1010. The molecule has 1 heterocycles. The summed E-state index contributed by atoms with van der Waals surface area (Å²) in [5.41, 5.74) is 0.107. The van der Waals surface area contributed by atoms with Gasteiger partial charge in [0, 0.05) is 29.1 Å². The third kappa shape index (κ3) is 3.59. The summed E-state index contributed by atoms with van der Waals surface area (Å²) < 4.78 is 27.9. The molecule has 3 rings (SSSR count). The van der Waals surface area contributed by atoms with E-state index in [-0.39, 0.29) is 12.0 Å². The molecule has 1 N–H and O–H groups in total. The molecule has 0 bridgehead atoms. The Kier molecular flexibility index (Phi) is 6.23. The topological polar surface area (TPSA) is 92.3 Å². The molecule has 0 fully saturated rings. The lowest BCUT2D eigenvalue weighted by Gasteiger charge is -2.38. The van der Waals surface area contributed by atoms with Gasteiger partial charge < -0.3 is 29.0 Å². The third-order valence-corrected chi connectivity index (χ3v) is 5.80. The minimum absolute atomic E-state index is 0.190. The van der Waals surface area contributed by atoms with Crippen LogP contribution in [0.15, 0.2) is 28.7 Å². The fourth-order valence-corrected chi connectivity index (χ4v) is 3.97. The first kappa shape index (κ1) is 21.9. The van der Waals surface area contributed by atoms with Crippen molar-refractivity contribution in [2.24, 2.45) is 0 Å². The normalized spacial score (nSPS) is 17.8. The maximum atomic E-state index is 12.6. The summed E-state index contributed by atoms with van der Waals surface area (Å²) in [5, 5.41) is 2.72. The van der Waals surface area contributed by atoms with Gasteiger partial charge in [0.05, 0.1) is 28.4 Å². The van der Waals surface area contributed by atoms with Crippen LogP contribution >= 0.6 is 15.9 Å². The summed E-state index contributed by atoms with van der Waals surface area (Å²) in [5.74, 6) is 0.379. The number of halogens is 1. The van der Waals surface area contributed by atoms with Crippen molar-refractivity contribution in [3.05, 3.63) is 45.4 Å². The Labute approximate surface area is 182 Å². The molecule has 8 nitrogen and oxygen atoms in total. The first-order chi connectivity index (χ1) is 14.3. The average Bonchev–Trinajstić information content (AvgIpc) is 2.77. The van der Waals surface area contributed by atoms with Crippen LogP contribution in [0, 0.1) is 0 Å². The Hall–Kier alpha value is -2.78. The molecular formula is C21H22BrNO7. The monoisotopic (exact) mass is 479 g/mol. The zero-order valence-electron chi connectivity index (χ0n) is 17.3. The molecule has 1 atom stereocenters. The van der Waals surface area contributed by atoms with Crippen LogP contribution in [0.5, 0.6) is 23.0 Å². The lowest BCUT2D eigenvalue weighted by Crippen LogP contribution is -2.55. The van der Waals surface area contributed by atoms with Gasteiger partial charge in [0.15, 0.2) is 28.7 Å². The highest BCUT2D eigenvalue weighted by atomic mass is 79.9. The van der Waals surface area contributed by atoms with Gasteiger partial charge >= 0.3 is 0 Å². The second kappa shape index (κ2) is 8.53. The van der Waals surface area contributed by atoms with Crippen molar-refractivity contribution in [2.75, 3.05) is 35.5 Å². The molecule has 0 spiro atoms. The molecule has 0 aliphatic carbocycles. The molecule has 0 radical (unpaired) electrons. The average molecular weight is 480 g/mol. The van der Waals surface area contributed by atoms with Crippen LogP contribution in [0.1, 0.15) is 21.5 Å². The number of ketones is 1.